The van der Waals surface area contributed by atoms with Crippen LogP contribution in [-0.2, 0) is 33.6 Å². The molecule has 1 aromatic rings. The van der Waals surface area contributed by atoms with Gasteiger partial charge >= 0.3 is 0 Å². The maximum atomic E-state index is 14.2. The van der Waals surface area contributed by atoms with Gasteiger partial charge in [0.1, 0.15) is 42.1 Å². The number of primary amides is 2. The molecule has 0 radical (unpaired) electrons. The fraction of sp³-hybridized carbons (Fsp3) is 0.590. The highest BCUT2D eigenvalue weighted by atomic mass is 33.1. The second-order valence-corrected chi connectivity index (χ2v) is 18.0. The summed E-state index contributed by atoms with van der Waals surface area (Å²) >= 11 is 0. The summed E-state index contributed by atoms with van der Waals surface area (Å²) in [5.74, 6) is -6.62. The van der Waals surface area contributed by atoms with Crippen molar-refractivity contribution in [1.82, 2.24) is 31.9 Å². The summed E-state index contributed by atoms with van der Waals surface area (Å²) < 4.78 is 13.6. The zero-order valence-corrected chi connectivity index (χ0v) is 37.1. The molecule has 0 aromatic heterocycles. The zero-order valence-electron chi connectivity index (χ0n) is 35.5. The van der Waals surface area contributed by atoms with Crippen LogP contribution in [0.15, 0.2) is 34.3 Å². The van der Waals surface area contributed by atoms with Crippen LogP contribution < -0.4 is 66.3 Å². The van der Waals surface area contributed by atoms with Crippen LogP contribution in [0.25, 0.3) is 0 Å². The summed E-state index contributed by atoms with van der Waals surface area (Å²) in [5.41, 5.74) is 32.8. The van der Waals surface area contributed by atoms with Crippen molar-refractivity contribution in [2.75, 3.05) is 24.6 Å². The van der Waals surface area contributed by atoms with Gasteiger partial charge in [0.2, 0.25) is 41.4 Å². The Morgan fingerprint density at radius 1 is 0.688 bits per heavy atom. The quantitative estimate of drug-likeness (QED) is 0.0222. The molecule has 0 unspecified atom stereocenters. The zero-order chi connectivity index (χ0) is 47.2. The van der Waals surface area contributed by atoms with E-state index in [-0.39, 0.29) is 92.9 Å². The van der Waals surface area contributed by atoms with Crippen molar-refractivity contribution in [3.8, 4) is 0 Å². The minimum atomic E-state index is -1.46. The Morgan fingerprint density at radius 2 is 1.20 bits per heavy atom. The number of carbonyl (C=O) groups excluding carboxylic acids is 8. The third-order valence-corrected chi connectivity index (χ3v) is 12.8. The Balaban J connectivity index is 1.88. The fourth-order valence-electron chi connectivity index (χ4n) is 6.90. The van der Waals surface area contributed by atoms with Gasteiger partial charge in [0.15, 0.2) is 11.9 Å². The van der Waals surface area contributed by atoms with Gasteiger partial charge in [-0.2, -0.15) is 0 Å². The first-order valence-electron chi connectivity index (χ1n) is 20.9. The minimum absolute atomic E-state index is 0.00224. The number of nitrogens with two attached hydrogens (primary N) is 6. The number of nitrogens with one attached hydrogen (secondary N) is 6. The number of amides is 8. The molecular formula is C39H61FN14O8S2. The third kappa shape index (κ3) is 19.3. The topological polar surface area (TPSA) is 390 Å². The van der Waals surface area contributed by atoms with Crippen LogP contribution in [0.3, 0.4) is 0 Å². The molecular weight excluding hydrogens is 876 g/mol. The Kier molecular flexibility index (Phi) is 22.4. The summed E-state index contributed by atoms with van der Waals surface area (Å²) in [5, 5.41) is 15.8. The first kappa shape index (κ1) is 52.5. The lowest BCUT2D eigenvalue weighted by Gasteiger charge is -2.30. The van der Waals surface area contributed by atoms with Crippen LogP contribution in [0.4, 0.5) is 4.39 Å². The van der Waals surface area contributed by atoms with Crippen molar-refractivity contribution in [3.05, 3.63) is 35.6 Å². The predicted octanol–water partition coefficient (Wildman–Crippen LogP) is -2.43. The molecule has 64 heavy (non-hydrogen) atoms. The van der Waals surface area contributed by atoms with E-state index in [2.05, 4.69) is 41.9 Å². The first-order valence-corrected chi connectivity index (χ1v) is 23.4. The summed E-state index contributed by atoms with van der Waals surface area (Å²) in [6, 6.07) is -2.70. The van der Waals surface area contributed by atoms with Gasteiger partial charge in [-0.15, -0.1) is 0 Å². The molecule has 18 N–H and O–H groups in total. The van der Waals surface area contributed by atoms with Gasteiger partial charge in [-0.1, -0.05) is 53.7 Å². The summed E-state index contributed by atoms with van der Waals surface area (Å²) in [6.07, 6.45) is 4.27. The Bertz CT molecular complexity index is 1850. The van der Waals surface area contributed by atoms with E-state index >= 15 is 0 Å². The van der Waals surface area contributed by atoms with E-state index in [1.54, 1.807) is 0 Å². The number of aliphatic imine (C=N–C) groups is 2. The lowest BCUT2D eigenvalue weighted by Crippen LogP contribution is -2.60. The highest BCUT2D eigenvalue weighted by molar-refractivity contribution is 8.76. The molecule has 22 nitrogen and oxygen atoms in total. The van der Waals surface area contributed by atoms with Gasteiger partial charge in [0.05, 0.1) is 0 Å². The van der Waals surface area contributed by atoms with Crippen LogP contribution in [0.1, 0.15) is 87.4 Å². The van der Waals surface area contributed by atoms with E-state index in [0.717, 1.165) is 44.2 Å². The molecule has 1 aliphatic carbocycles. The van der Waals surface area contributed by atoms with Gasteiger partial charge < -0.3 is 66.3 Å². The smallest absolute Gasteiger partial charge is 0.251 e. The second kappa shape index (κ2) is 27.4. The predicted molar refractivity (Wildman–Crippen MR) is 241 cm³/mol. The molecule has 1 saturated heterocycles. The van der Waals surface area contributed by atoms with E-state index in [0.29, 0.717) is 0 Å². The average Bonchev–Trinajstić information content (AvgIpc) is 3.23. The van der Waals surface area contributed by atoms with Gasteiger partial charge in [0.25, 0.3) is 5.91 Å². The maximum Gasteiger partial charge on any atom is 0.251 e. The lowest BCUT2D eigenvalue weighted by molar-refractivity contribution is -0.135. The number of guanidine groups is 2. The molecule has 0 bridgehead atoms. The monoisotopic (exact) mass is 936 g/mol. The minimum Gasteiger partial charge on any atom is -0.370 e. The molecule has 2 fully saturated rings. The number of rotatable bonds is 24. The second-order valence-electron chi connectivity index (χ2n) is 15.5. The third-order valence-electron chi connectivity index (χ3n) is 10.3. The summed E-state index contributed by atoms with van der Waals surface area (Å²) in [7, 11) is 2.57. The molecule has 1 saturated carbocycles. The average molecular weight is 937 g/mol. The molecule has 6 atom stereocenters. The lowest BCUT2D eigenvalue weighted by atomic mass is 9.84. The first-order chi connectivity index (χ1) is 30.4. The standard InChI is InChI=1S/C39H61FN14O8S2/c40-23-12-10-22(11-13-23)32(57)49-24(8-4-16-47-38(43)44)33(58)50-25(9-5-17-48-39(45)46)34(59)51-26(14-15-30(41)55)35(60)52-27(18-21-6-2-1-3-7-21)36(61)54-29-20-64-63-19-28(31(42)56)53-37(29)62/h10-13,21,24-29H,1-9,14-20H2,(H2,41,55)(H2,42,56)(H,49,57)(H,50,58)(H,51,59)(H,52,60)(H,53,62)(H,54,61)(H4,43,44,47)(H4,45,46,48)/t24-,25-,26+,27+,28+,29+/m1/s1. The van der Waals surface area contributed by atoms with E-state index < -0.39 is 89.3 Å². The van der Waals surface area contributed by atoms with E-state index in [9.17, 15) is 42.7 Å². The SMILES string of the molecule is NC(=O)CC[C@H](NC(=O)[C@@H](CCCN=C(N)N)NC(=O)[C@@H](CCCN=C(N)N)NC(=O)c1ccc(F)cc1)C(=O)N[C@@H](CC1CCCCC1)C(=O)N[C@H]1CSSC[C@@H](C(N)=O)NC1=O. The number of carbonyl (C=O) groups is 8. The van der Waals surface area contributed by atoms with Crippen molar-refractivity contribution < 1.29 is 42.7 Å². The largest absolute Gasteiger partial charge is 0.370 e. The fourth-order valence-corrected chi connectivity index (χ4v) is 9.24. The Labute approximate surface area is 378 Å². The molecule has 354 valence electrons. The number of hydrogen-bond acceptors (Lipinski definition) is 12. The Hall–Kier alpha value is -5.85. The van der Waals surface area contributed by atoms with Crippen LogP contribution in [-0.4, -0.2) is 120 Å². The van der Waals surface area contributed by atoms with Crippen LogP contribution in [0.2, 0.25) is 0 Å². The molecule has 1 aliphatic heterocycles. The van der Waals surface area contributed by atoms with Crippen LogP contribution in [0, 0.1) is 11.7 Å². The molecule has 1 aromatic carbocycles. The van der Waals surface area contributed by atoms with E-state index in [4.69, 9.17) is 34.4 Å². The van der Waals surface area contributed by atoms with Crippen LogP contribution in [0.5, 0.6) is 0 Å². The summed E-state index contributed by atoms with van der Waals surface area (Å²) in [4.78, 5) is 114. The normalized spacial score (nSPS) is 18.4. The number of benzene rings is 1. The maximum absolute atomic E-state index is 14.2. The number of hydrogen-bond donors (Lipinski definition) is 12. The molecule has 3 rings (SSSR count). The molecule has 2 aliphatic rings. The molecule has 25 heteroatoms. The molecule has 1 heterocycles. The number of halogens is 1. The highest BCUT2D eigenvalue weighted by Crippen LogP contribution is 2.28. The van der Waals surface area contributed by atoms with Gasteiger partial charge in [0, 0.05) is 36.6 Å². The van der Waals surface area contributed by atoms with Crippen molar-refractivity contribution in [2.24, 2.45) is 50.3 Å². The van der Waals surface area contributed by atoms with Crippen molar-refractivity contribution in [1.29, 1.82) is 0 Å². The van der Waals surface area contributed by atoms with Crippen LogP contribution >= 0.6 is 21.6 Å². The highest BCUT2D eigenvalue weighted by Gasteiger charge is 2.35. The summed E-state index contributed by atoms with van der Waals surface area (Å²) in [6.45, 7) is 0.146. The van der Waals surface area contributed by atoms with Gasteiger partial charge in [-0.05, 0) is 68.7 Å². The van der Waals surface area contributed by atoms with E-state index in [1.165, 1.54) is 33.7 Å². The van der Waals surface area contributed by atoms with Crippen molar-refractivity contribution in [2.45, 2.75) is 113 Å². The molecule has 8 amide bonds. The van der Waals surface area contributed by atoms with Gasteiger partial charge in [-0.25, -0.2) is 4.39 Å². The number of nitrogens with zero attached hydrogens (tertiary/aromatic N) is 2. The van der Waals surface area contributed by atoms with E-state index in [1.807, 2.05) is 0 Å². The van der Waals surface area contributed by atoms with Gasteiger partial charge in [-0.3, -0.25) is 48.3 Å². The Morgan fingerprint density at radius 3 is 1.73 bits per heavy atom. The van der Waals surface area contributed by atoms with Crippen molar-refractivity contribution in [3.63, 3.8) is 0 Å². The molecule has 0 spiro atoms. The van der Waals surface area contributed by atoms with Crippen molar-refractivity contribution >= 4 is 80.8 Å².